The number of thiophene rings is 1. The summed E-state index contributed by atoms with van der Waals surface area (Å²) in [6.45, 7) is 2.06. The molecule has 0 aromatic carbocycles. The molecule has 2 nitrogen and oxygen atoms in total. The minimum atomic E-state index is 0.673. The highest BCUT2D eigenvalue weighted by Gasteiger charge is 2.09. The first-order valence-corrected chi connectivity index (χ1v) is 6.13. The van der Waals surface area contributed by atoms with Crippen LogP contribution in [0.2, 0.25) is 0 Å². The molecule has 0 saturated carbocycles. The fourth-order valence-corrected chi connectivity index (χ4v) is 3.25. The lowest BCUT2D eigenvalue weighted by Gasteiger charge is -1.99. The average molecular weight is 220 g/mol. The fourth-order valence-electron chi connectivity index (χ4n) is 1.36. The highest BCUT2D eigenvalue weighted by molar-refractivity contribution is 7.99. The lowest BCUT2D eigenvalue weighted by atomic mass is 10.3. The standard InChI is InChI=1S/C10H8N2S2/c1-6-3-8-10(14-6)9(13-2)7(4-11)5-12-8/h3,5H,1-2H3. The molecular weight excluding hydrogens is 212 g/mol. The van der Waals surface area contributed by atoms with Crippen molar-refractivity contribution in [2.45, 2.75) is 11.8 Å². The first kappa shape index (κ1) is 9.50. The van der Waals surface area contributed by atoms with Gasteiger partial charge in [0.05, 0.1) is 15.8 Å². The van der Waals surface area contributed by atoms with Gasteiger partial charge in [0.2, 0.25) is 0 Å². The van der Waals surface area contributed by atoms with E-state index in [1.807, 2.05) is 6.26 Å². The van der Waals surface area contributed by atoms with Gasteiger partial charge in [-0.25, -0.2) is 0 Å². The molecule has 0 N–H and O–H groups in total. The van der Waals surface area contributed by atoms with Gasteiger partial charge in [-0.2, -0.15) is 5.26 Å². The molecule has 0 amide bonds. The number of rotatable bonds is 1. The van der Waals surface area contributed by atoms with Crippen molar-refractivity contribution in [2.24, 2.45) is 0 Å². The molecule has 0 fully saturated rings. The van der Waals surface area contributed by atoms with Crippen molar-refractivity contribution in [1.82, 2.24) is 4.98 Å². The van der Waals surface area contributed by atoms with Crippen molar-refractivity contribution in [3.63, 3.8) is 0 Å². The van der Waals surface area contributed by atoms with E-state index in [1.165, 1.54) is 4.88 Å². The van der Waals surface area contributed by atoms with Gasteiger partial charge in [-0.15, -0.1) is 23.1 Å². The van der Waals surface area contributed by atoms with Crippen molar-refractivity contribution in [3.8, 4) is 6.07 Å². The molecule has 0 unspecified atom stereocenters. The van der Waals surface area contributed by atoms with Crippen LogP contribution in [-0.4, -0.2) is 11.2 Å². The Morgan fingerprint density at radius 2 is 2.36 bits per heavy atom. The summed E-state index contributed by atoms with van der Waals surface area (Å²) in [7, 11) is 0. The zero-order chi connectivity index (χ0) is 10.1. The Kier molecular flexibility index (Phi) is 2.44. The maximum Gasteiger partial charge on any atom is 0.102 e. The number of hydrogen-bond donors (Lipinski definition) is 0. The molecule has 0 atom stereocenters. The number of aromatic nitrogens is 1. The van der Waals surface area contributed by atoms with E-state index in [1.54, 1.807) is 29.3 Å². The molecule has 0 bridgehead atoms. The molecule has 70 valence electrons. The Morgan fingerprint density at radius 3 is 3.00 bits per heavy atom. The molecule has 0 aliphatic heterocycles. The number of pyridine rings is 1. The third-order valence-corrected chi connectivity index (χ3v) is 3.96. The van der Waals surface area contributed by atoms with Gasteiger partial charge in [0.1, 0.15) is 6.07 Å². The van der Waals surface area contributed by atoms with Crippen LogP contribution in [0.1, 0.15) is 10.4 Å². The predicted octanol–water partition coefficient (Wildman–Crippen LogP) is 3.20. The Balaban J connectivity index is 2.84. The van der Waals surface area contributed by atoms with Gasteiger partial charge in [0, 0.05) is 16.0 Å². The Hall–Kier alpha value is -1.05. The topological polar surface area (TPSA) is 36.7 Å². The summed E-state index contributed by atoms with van der Waals surface area (Å²) in [5, 5.41) is 8.92. The summed E-state index contributed by atoms with van der Waals surface area (Å²) in [4.78, 5) is 6.54. The van der Waals surface area contributed by atoms with Gasteiger partial charge in [0.15, 0.2) is 0 Å². The van der Waals surface area contributed by atoms with E-state index in [0.717, 1.165) is 15.1 Å². The van der Waals surface area contributed by atoms with Crippen LogP contribution in [0.4, 0.5) is 0 Å². The summed E-state index contributed by atoms with van der Waals surface area (Å²) in [5.41, 5.74) is 1.67. The Labute approximate surface area is 90.6 Å². The second-order valence-corrected chi connectivity index (χ2v) is 4.96. The number of aryl methyl sites for hydroxylation is 1. The van der Waals surface area contributed by atoms with Gasteiger partial charge in [-0.1, -0.05) is 0 Å². The molecule has 0 spiro atoms. The summed E-state index contributed by atoms with van der Waals surface area (Å²) in [5.74, 6) is 0. The smallest absolute Gasteiger partial charge is 0.102 e. The lowest BCUT2D eigenvalue weighted by Crippen LogP contribution is -1.83. The predicted molar refractivity (Wildman–Crippen MR) is 60.9 cm³/mol. The van der Waals surface area contributed by atoms with E-state index >= 15 is 0 Å². The van der Waals surface area contributed by atoms with E-state index in [2.05, 4.69) is 24.0 Å². The van der Waals surface area contributed by atoms with Crippen LogP contribution in [-0.2, 0) is 0 Å². The number of hydrogen-bond acceptors (Lipinski definition) is 4. The first-order chi connectivity index (χ1) is 6.76. The second kappa shape index (κ2) is 3.60. The van der Waals surface area contributed by atoms with Gasteiger partial charge < -0.3 is 0 Å². The van der Waals surface area contributed by atoms with E-state index in [0.29, 0.717) is 5.56 Å². The molecule has 14 heavy (non-hydrogen) atoms. The molecule has 2 aromatic rings. The van der Waals surface area contributed by atoms with Gasteiger partial charge >= 0.3 is 0 Å². The maximum atomic E-state index is 8.92. The molecule has 0 aliphatic rings. The van der Waals surface area contributed by atoms with E-state index < -0.39 is 0 Å². The zero-order valence-electron chi connectivity index (χ0n) is 7.87. The molecule has 2 heterocycles. The van der Waals surface area contributed by atoms with Crippen LogP contribution in [0.25, 0.3) is 10.2 Å². The van der Waals surface area contributed by atoms with E-state index in [4.69, 9.17) is 5.26 Å². The number of nitrogens with zero attached hydrogens (tertiary/aromatic N) is 2. The first-order valence-electron chi connectivity index (χ1n) is 4.09. The highest BCUT2D eigenvalue weighted by Crippen LogP contribution is 2.33. The second-order valence-electron chi connectivity index (χ2n) is 2.89. The van der Waals surface area contributed by atoms with Crippen LogP contribution in [0.3, 0.4) is 0 Å². The van der Waals surface area contributed by atoms with Crippen molar-refractivity contribution in [1.29, 1.82) is 5.26 Å². The molecule has 2 rings (SSSR count). The summed E-state index contributed by atoms with van der Waals surface area (Å²) >= 11 is 3.31. The molecule has 0 radical (unpaired) electrons. The molecule has 0 aliphatic carbocycles. The van der Waals surface area contributed by atoms with Crippen LogP contribution in [0, 0.1) is 18.3 Å². The van der Waals surface area contributed by atoms with Crippen LogP contribution >= 0.6 is 23.1 Å². The van der Waals surface area contributed by atoms with Crippen molar-refractivity contribution < 1.29 is 0 Å². The molecule has 4 heteroatoms. The lowest BCUT2D eigenvalue weighted by molar-refractivity contribution is 1.32. The molecule has 0 saturated heterocycles. The molecular formula is C10H8N2S2. The average Bonchev–Trinajstić information content (AvgIpc) is 2.56. The highest BCUT2D eigenvalue weighted by atomic mass is 32.2. The number of fused-ring (bicyclic) bond motifs is 1. The zero-order valence-corrected chi connectivity index (χ0v) is 9.50. The van der Waals surface area contributed by atoms with E-state index in [9.17, 15) is 0 Å². The Morgan fingerprint density at radius 1 is 1.57 bits per heavy atom. The van der Waals surface area contributed by atoms with Gasteiger partial charge in [0.25, 0.3) is 0 Å². The minimum absolute atomic E-state index is 0.673. The minimum Gasteiger partial charge on any atom is -0.254 e. The molecule has 2 aromatic heterocycles. The number of nitriles is 1. The maximum absolute atomic E-state index is 8.92. The van der Waals surface area contributed by atoms with Crippen LogP contribution < -0.4 is 0 Å². The SMILES string of the molecule is CSc1c(C#N)cnc2cc(C)sc12. The van der Waals surface area contributed by atoms with Crippen molar-refractivity contribution in [3.05, 3.63) is 22.7 Å². The fraction of sp³-hybridized carbons (Fsp3) is 0.200. The summed E-state index contributed by atoms with van der Waals surface area (Å²) in [6.07, 6.45) is 3.64. The Bertz CT molecular complexity index is 523. The third kappa shape index (κ3) is 1.39. The van der Waals surface area contributed by atoms with Crippen LogP contribution in [0.15, 0.2) is 17.2 Å². The third-order valence-electron chi connectivity index (χ3n) is 1.94. The normalized spacial score (nSPS) is 10.4. The van der Waals surface area contributed by atoms with Gasteiger partial charge in [-0.3, -0.25) is 4.98 Å². The van der Waals surface area contributed by atoms with Crippen LogP contribution in [0.5, 0.6) is 0 Å². The quantitative estimate of drug-likeness (QED) is 0.692. The summed E-state index contributed by atoms with van der Waals surface area (Å²) in [6, 6.07) is 4.23. The van der Waals surface area contributed by atoms with Crippen molar-refractivity contribution in [2.75, 3.05) is 6.26 Å². The largest absolute Gasteiger partial charge is 0.254 e. The van der Waals surface area contributed by atoms with E-state index in [-0.39, 0.29) is 0 Å². The van der Waals surface area contributed by atoms with Crippen molar-refractivity contribution >= 4 is 33.3 Å². The number of thioether (sulfide) groups is 1. The monoisotopic (exact) mass is 220 g/mol. The van der Waals surface area contributed by atoms with Gasteiger partial charge in [-0.05, 0) is 19.2 Å². The summed E-state index contributed by atoms with van der Waals surface area (Å²) < 4.78 is 1.13.